The number of hydrogen-bond donors (Lipinski definition) is 2. The highest BCUT2D eigenvalue weighted by Gasteiger charge is 2.23. The molecule has 0 fully saturated rings. The molecular weight excluding hydrogens is 332 g/mol. The third-order valence-electron chi connectivity index (χ3n) is 4.55. The fraction of sp³-hybridized carbons (Fsp3) is 0.611. The molecule has 0 aliphatic heterocycles. The maximum absolute atomic E-state index is 4.75. The first-order valence-electron chi connectivity index (χ1n) is 9.06. The SMILES string of the molecule is CCc1cnc(CNC(=NC)NC2CCc3cn(C(C)C)nc3C2)s1. The zero-order valence-corrected chi connectivity index (χ0v) is 16.4. The first-order chi connectivity index (χ1) is 12.1. The Morgan fingerprint density at radius 3 is 3.00 bits per heavy atom. The van der Waals surface area contributed by atoms with Crippen LogP contribution in [0.15, 0.2) is 17.4 Å². The van der Waals surface area contributed by atoms with Crippen LogP contribution in [0.4, 0.5) is 0 Å². The van der Waals surface area contributed by atoms with Crippen LogP contribution in [0.2, 0.25) is 0 Å². The lowest BCUT2D eigenvalue weighted by Gasteiger charge is -2.24. The number of aromatic nitrogens is 3. The monoisotopic (exact) mass is 360 g/mol. The third-order valence-corrected chi connectivity index (χ3v) is 5.69. The van der Waals surface area contributed by atoms with Crippen molar-refractivity contribution in [3.05, 3.63) is 33.5 Å². The number of nitrogens with one attached hydrogen (secondary N) is 2. The molecule has 0 aromatic carbocycles. The van der Waals surface area contributed by atoms with Gasteiger partial charge in [-0.3, -0.25) is 9.67 Å². The van der Waals surface area contributed by atoms with E-state index in [4.69, 9.17) is 5.10 Å². The fourth-order valence-electron chi connectivity index (χ4n) is 3.04. The van der Waals surface area contributed by atoms with Gasteiger partial charge in [0.1, 0.15) is 5.01 Å². The van der Waals surface area contributed by atoms with E-state index in [0.717, 1.165) is 36.7 Å². The van der Waals surface area contributed by atoms with Crippen LogP contribution in [0, 0.1) is 0 Å². The highest BCUT2D eigenvalue weighted by atomic mass is 32.1. The summed E-state index contributed by atoms with van der Waals surface area (Å²) in [6, 6.07) is 0.787. The molecule has 1 aliphatic rings. The van der Waals surface area contributed by atoms with Gasteiger partial charge in [0.05, 0.1) is 12.2 Å². The average molecular weight is 361 g/mol. The van der Waals surface area contributed by atoms with Crippen molar-refractivity contribution in [1.29, 1.82) is 0 Å². The summed E-state index contributed by atoms with van der Waals surface area (Å²) in [5.74, 6) is 0.838. The molecule has 136 valence electrons. The van der Waals surface area contributed by atoms with Crippen LogP contribution in [0.1, 0.15) is 54.4 Å². The highest BCUT2D eigenvalue weighted by molar-refractivity contribution is 7.11. The Hall–Kier alpha value is -1.89. The molecule has 7 heteroatoms. The van der Waals surface area contributed by atoms with E-state index in [-0.39, 0.29) is 0 Å². The normalized spacial score (nSPS) is 17.6. The first-order valence-corrected chi connectivity index (χ1v) is 9.88. The van der Waals surface area contributed by atoms with Crippen molar-refractivity contribution in [2.24, 2.45) is 4.99 Å². The molecule has 1 atom stereocenters. The van der Waals surface area contributed by atoms with Crippen LogP contribution in [0.3, 0.4) is 0 Å². The zero-order chi connectivity index (χ0) is 17.8. The summed E-state index contributed by atoms with van der Waals surface area (Å²) in [4.78, 5) is 10.1. The molecule has 1 unspecified atom stereocenters. The maximum atomic E-state index is 4.75. The van der Waals surface area contributed by atoms with Gasteiger partial charge in [-0.2, -0.15) is 5.10 Å². The van der Waals surface area contributed by atoms with E-state index < -0.39 is 0 Å². The van der Waals surface area contributed by atoms with Crippen molar-refractivity contribution in [3.8, 4) is 0 Å². The molecule has 1 aliphatic carbocycles. The van der Waals surface area contributed by atoms with E-state index in [9.17, 15) is 0 Å². The van der Waals surface area contributed by atoms with E-state index >= 15 is 0 Å². The number of aryl methyl sites for hydroxylation is 2. The van der Waals surface area contributed by atoms with Crippen LogP contribution in [-0.2, 0) is 25.8 Å². The van der Waals surface area contributed by atoms with Gasteiger partial charge in [0.15, 0.2) is 5.96 Å². The molecule has 2 N–H and O–H groups in total. The Labute approximate surface area is 153 Å². The van der Waals surface area contributed by atoms with Crippen molar-refractivity contribution < 1.29 is 0 Å². The van der Waals surface area contributed by atoms with Gasteiger partial charge >= 0.3 is 0 Å². The summed E-state index contributed by atoms with van der Waals surface area (Å²) in [7, 11) is 1.82. The molecule has 0 bridgehead atoms. The van der Waals surface area contributed by atoms with E-state index in [1.54, 1.807) is 11.3 Å². The highest BCUT2D eigenvalue weighted by Crippen LogP contribution is 2.21. The predicted molar refractivity (Wildman–Crippen MR) is 103 cm³/mol. The van der Waals surface area contributed by atoms with Crippen molar-refractivity contribution in [3.63, 3.8) is 0 Å². The largest absolute Gasteiger partial charge is 0.353 e. The summed E-state index contributed by atoms with van der Waals surface area (Å²) < 4.78 is 2.08. The molecule has 0 spiro atoms. The van der Waals surface area contributed by atoms with Gasteiger partial charge in [-0.15, -0.1) is 11.3 Å². The molecule has 2 aromatic rings. The summed E-state index contributed by atoms with van der Waals surface area (Å²) in [6.07, 6.45) is 8.34. The summed E-state index contributed by atoms with van der Waals surface area (Å²) in [6.45, 7) is 7.21. The minimum atomic E-state index is 0.372. The van der Waals surface area contributed by atoms with Gasteiger partial charge < -0.3 is 10.6 Å². The number of hydrogen-bond acceptors (Lipinski definition) is 4. The number of thiazole rings is 1. The lowest BCUT2D eigenvalue weighted by atomic mass is 9.94. The summed E-state index contributed by atoms with van der Waals surface area (Å²) >= 11 is 1.76. The Balaban J connectivity index is 1.55. The molecule has 0 radical (unpaired) electrons. The molecule has 6 nitrogen and oxygen atoms in total. The van der Waals surface area contributed by atoms with E-state index in [1.165, 1.54) is 16.1 Å². The minimum Gasteiger partial charge on any atom is -0.353 e. The lowest BCUT2D eigenvalue weighted by molar-refractivity contribution is 0.499. The Kier molecular flexibility index (Phi) is 5.73. The van der Waals surface area contributed by atoms with Crippen molar-refractivity contribution in [2.75, 3.05) is 7.05 Å². The molecule has 0 saturated heterocycles. The van der Waals surface area contributed by atoms with Gasteiger partial charge in [-0.25, -0.2) is 4.98 Å². The van der Waals surface area contributed by atoms with Crippen LogP contribution >= 0.6 is 11.3 Å². The second-order valence-corrected chi connectivity index (χ2v) is 7.96. The number of nitrogens with zero attached hydrogens (tertiary/aromatic N) is 4. The second kappa shape index (κ2) is 7.99. The molecule has 2 aromatic heterocycles. The van der Waals surface area contributed by atoms with Crippen molar-refractivity contribution >= 4 is 17.3 Å². The van der Waals surface area contributed by atoms with E-state index in [2.05, 4.69) is 52.3 Å². The predicted octanol–water partition coefficient (Wildman–Crippen LogP) is 2.71. The molecule has 2 heterocycles. The molecule has 0 saturated carbocycles. The molecule has 3 rings (SSSR count). The van der Waals surface area contributed by atoms with Gasteiger partial charge in [0, 0.05) is 42.8 Å². The van der Waals surface area contributed by atoms with Crippen LogP contribution in [0.25, 0.3) is 0 Å². The number of rotatable bonds is 5. The van der Waals surface area contributed by atoms with Crippen molar-refractivity contribution in [1.82, 2.24) is 25.4 Å². The fourth-order valence-corrected chi connectivity index (χ4v) is 3.84. The average Bonchev–Trinajstić information content (AvgIpc) is 3.24. The Morgan fingerprint density at radius 1 is 1.48 bits per heavy atom. The number of guanidine groups is 1. The molecule has 25 heavy (non-hydrogen) atoms. The smallest absolute Gasteiger partial charge is 0.191 e. The molecular formula is C18H28N6S. The Bertz CT molecular complexity index is 730. The minimum absolute atomic E-state index is 0.372. The van der Waals surface area contributed by atoms with Crippen LogP contribution in [-0.4, -0.2) is 33.8 Å². The van der Waals surface area contributed by atoms with E-state index in [1.807, 2.05) is 13.2 Å². The van der Waals surface area contributed by atoms with E-state index in [0.29, 0.717) is 18.6 Å². The number of fused-ring (bicyclic) bond motifs is 1. The first kappa shape index (κ1) is 17.9. The van der Waals surface area contributed by atoms with Gasteiger partial charge in [0.2, 0.25) is 0 Å². The Morgan fingerprint density at radius 2 is 2.32 bits per heavy atom. The lowest BCUT2D eigenvalue weighted by Crippen LogP contribution is -2.45. The summed E-state index contributed by atoms with van der Waals surface area (Å²) in [5.41, 5.74) is 2.62. The standard InChI is InChI=1S/C18H28N6S/c1-5-15-9-20-17(25-15)10-21-18(19-4)22-14-7-6-13-11-24(12(2)3)23-16(13)8-14/h9,11-12,14H,5-8,10H2,1-4H3,(H2,19,21,22). The van der Waals surface area contributed by atoms with Crippen LogP contribution in [0.5, 0.6) is 0 Å². The topological polar surface area (TPSA) is 67.1 Å². The number of aliphatic imine (C=N–C) groups is 1. The van der Waals surface area contributed by atoms with Crippen LogP contribution < -0.4 is 10.6 Å². The van der Waals surface area contributed by atoms with Gasteiger partial charge in [-0.05, 0) is 38.7 Å². The van der Waals surface area contributed by atoms with Gasteiger partial charge in [-0.1, -0.05) is 6.92 Å². The van der Waals surface area contributed by atoms with Gasteiger partial charge in [0.25, 0.3) is 0 Å². The third kappa shape index (κ3) is 4.39. The maximum Gasteiger partial charge on any atom is 0.191 e. The van der Waals surface area contributed by atoms with Crippen molar-refractivity contribution in [2.45, 2.75) is 65.1 Å². The quantitative estimate of drug-likeness (QED) is 0.635. The summed E-state index contributed by atoms with van der Waals surface area (Å²) in [5, 5.41) is 12.8. The second-order valence-electron chi connectivity index (χ2n) is 6.76. The zero-order valence-electron chi connectivity index (χ0n) is 15.5. The molecule has 0 amide bonds.